The summed E-state index contributed by atoms with van der Waals surface area (Å²) < 4.78 is 2.11. The Hall–Kier alpha value is -2.67. The number of benzene rings is 1. The molecule has 7 nitrogen and oxygen atoms in total. The van der Waals surface area contributed by atoms with Crippen LogP contribution in [0.15, 0.2) is 36.7 Å². The molecule has 1 aliphatic carbocycles. The van der Waals surface area contributed by atoms with Crippen LogP contribution >= 0.6 is 0 Å². The van der Waals surface area contributed by atoms with Crippen molar-refractivity contribution in [3.8, 4) is 0 Å². The number of piperazine rings is 1. The second-order valence-electron chi connectivity index (χ2n) is 7.76. The minimum absolute atomic E-state index is 0.465. The Morgan fingerprint density at radius 3 is 2.54 bits per heavy atom. The first-order valence-corrected chi connectivity index (χ1v) is 10.4. The SMILES string of the molecule is c1cc(N2CCNCC2)ccc1Nc1ncc2cnn(C3CCCCC3)c2n1. The number of fused-ring (bicyclic) bond motifs is 1. The maximum Gasteiger partial charge on any atom is 0.229 e. The van der Waals surface area contributed by atoms with Gasteiger partial charge in [-0.1, -0.05) is 19.3 Å². The number of aromatic nitrogens is 4. The Balaban J connectivity index is 1.34. The van der Waals surface area contributed by atoms with Crippen molar-refractivity contribution in [2.75, 3.05) is 36.4 Å². The zero-order valence-corrected chi connectivity index (χ0v) is 16.1. The van der Waals surface area contributed by atoms with Crippen molar-refractivity contribution >= 4 is 28.4 Å². The molecule has 2 N–H and O–H groups in total. The summed E-state index contributed by atoms with van der Waals surface area (Å²) in [5, 5.41) is 12.4. The van der Waals surface area contributed by atoms with E-state index in [1.807, 2.05) is 12.4 Å². The van der Waals surface area contributed by atoms with Crippen molar-refractivity contribution in [2.24, 2.45) is 0 Å². The van der Waals surface area contributed by atoms with Crippen molar-refractivity contribution in [3.05, 3.63) is 36.7 Å². The van der Waals surface area contributed by atoms with Crippen molar-refractivity contribution < 1.29 is 0 Å². The van der Waals surface area contributed by atoms with Crippen LogP contribution in [0.2, 0.25) is 0 Å². The fraction of sp³-hybridized carbons (Fsp3) is 0.476. The molecule has 1 aliphatic heterocycles. The van der Waals surface area contributed by atoms with Crippen LogP contribution in [0.5, 0.6) is 0 Å². The molecule has 2 fully saturated rings. The first-order valence-electron chi connectivity index (χ1n) is 10.4. The molecule has 1 aromatic carbocycles. The monoisotopic (exact) mass is 377 g/mol. The number of nitrogens with zero attached hydrogens (tertiary/aromatic N) is 5. The summed E-state index contributed by atoms with van der Waals surface area (Å²) in [4.78, 5) is 11.7. The lowest BCUT2D eigenvalue weighted by atomic mass is 9.96. The van der Waals surface area contributed by atoms with E-state index >= 15 is 0 Å². The first-order chi connectivity index (χ1) is 13.9. The topological polar surface area (TPSA) is 70.9 Å². The molecule has 146 valence electrons. The standard InChI is InChI=1S/C21H27N7/c1-2-4-19(5-3-1)28-20-16(15-24-28)14-23-21(26-20)25-17-6-8-18(9-7-17)27-12-10-22-11-13-27/h6-9,14-15,19,22H,1-5,10-13H2,(H,23,25,26). The van der Waals surface area contributed by atoms with E-state index in [2.05, 4.69) is 54.6 Å². The highest BCUT2D eigenvalue weighted by Crippen LogP contribution is 2.30. The molecule has 2 aromatic heterocycles. The molecular weight excluding hydrogens is 350 g/mol. The predicted octanol–water partition coefficient (Wildman–Crippen LogP) is 3.48. The summed E-state index contributed by atoms with van der Waals surface area (Å²) in [5.41, 5.74) is 3.20. The highest BCUT2D eigenvalue weighted by Gasteiger charge is 2.19. The van der Waals surface area contributed by atoms with Gasteiger partial charge in [-0.2, -0.15) is 10.1 Å². The van der Waals surface area contributed by atoms with Crippen LogP contribution in [-0.2, 0) is 0 Å². The van der Waals surface area contributed by atoms with E-state index in [1.165, 1.54) is 37.8 Å². The predicted molar refractivity (Wildman–Crippen MR) is 112 cm³/mol. The number of hydrogen-bond acceptors (Lipinski definition) is 6. The Morgan fingerprint density at radius 1 is 0.964 bits per heavy atom. The molecule has 0 atom stereocenters. The highest BCUT2D eigenvalue weighted by molar-refractivity contribution is 5.75. The average molecular weight is 377 g/mol. The summed E-state index contributed by atoms with van der Waals surface area (Å²) in [6.07, 6.45) is 10.0. The maximum absolute atomic E-state index is 4.78. The number of rotatable bonds is 4. The van der Waals surface area contributed by atoms with E-state index in [0.717, 1.165) is 42.9 Å². The quantitative estimate of drug-likeness (QED) is 0.725. The molecule has 3 aromatic rings. The molecule has 5 rings (SSSR count). The Bertz CT molecular complexity index is 922. The second-order valence-corrected chi connectivity index (χ2v) is 7.76. The average Bonchev–Trinajstić information content (AvgIpc) is 3.19. The van der Waals surface area contributed by atoms with Crippen LogP contribution in [0.3, 0.4) is 0 Å². The second kappa shape index (κ2) is 7.75. The van der Waals surface area contributed by atoms with Crippen molar-refractivity contribution in [1.82, 2.24) is 25.1 Å². The zero-order valence-electron chi connectivity index (χ0n) is 16.1. The molecule has 0 amide bonds. The van der Waals surface area contributed by atoms with Crippen molar-refractivity contribution in [2.45, 2.75) is 38.1 Å². The zero-order chi connectivity index (χ0) is 18.8. The van der Waals surface area contributed by atoms with Gasteiger partial charge < -0.3 is 15.5 Å². The van der Waals surface area contributed by atoms with Crippen LogP contribution in [0.1, 0.15) is 38.1 Å². The molecule has 0 radical (unpaired) electrons. The van der Waals surface area contributed by atoms with Gasteiger partial charge in [0.1, 0.15) is 0 Å². The molecule has 0 bridgehead atoms. The summed E-state index contributed by atoms with van der Waals surface area (Å²) in [5.74, 6) is 0.625. The summed E-state index contributed by atoms with van der Waals surface area (Å²) in [6, 6.07) is 9.00. The molecular formula is C21H27N7. The third kappa shape index (κ3) is 3.54. The molecule has 7 heteroatoms. The number of hydrogen-bond donors (Lipinski definition) is 2. The minimum Gasteiger partial charge on any atom is -0.369 e. The maximum atomic E-state index is 4.78. The van der Waals surface area contributed by atoms with Crippen molar-refractivity contribution in [3.63, 3.8) is 0 Å². The smallest absolute Gasteiger partial charge is 0.229 e. The normalized spacial score (nSPS) is 18.5. The van der Waals surface area contributed by atoms with Gasteiger partial charge in [0.15, 0.2) is 5.65 Å². The molecule has 1 saturated carbocycles. The number of anilines is 3. The van der Waals surface area contributed by atoms with Crippen molar-refractivity contribution in [1.29, 1.82) is 0 Å². The van der Waals surface area contributed by atoms with E-state index in [9.17, 15) is 0 Å². The van der Waals surface area contributed by atoms with Gasteiger partial charge in [-0.25, -0.2) is 9.67 Å². The molecule has 2 aliphatic rings. The van der Waals surface area contributed by atoms with E-state index in [4.69, 9.17) is 4.98 Å². The molecule has 0 unspecified atom stereocenters. The Kier molecular flexibility index (Phi) is 4.83. The van der Waals surface area contributed by atoms with E-state index < -0.39 is 0 Å². The van der Waals surface area contributed by atoms with Crippen LogP contribution < -0.4 is 15.5 Å². The lowest BCUT2D eigenvalue weighted by Gasteiger charge is -2.29. The fourth-order valence-electron chi connectivity index (χ4n) is 4.30. The van der Waals surface area contributed by atoms with E-state index in [0.29, 0.717) is 12.0 Å². The van der Waals surface area contributed by atoms with Gasteiger partial charge >= 0.3 is 0 Å². The molecule has 3 heterocycles. The van der Waals surface area contributed by atoms with Crippen LogP contribution in [-0.4, -0.2) is 45.9 Å². The molecule has 1 saturated heterocycles. The Morgan fingerprint density at radius 2 is 1.75 bits per heavy atom. The first kappa shape index (κ1) is 17.4. The highest BCUT2D eigenvalue weighted by atomic mass is 15.3. The fourth-order valence-corrected chi connectivity index (χ4v) is 4.30. The molecule has 28 heavy (non-hydrogen) atoms. The van der Waals surface area contributed by atoms with E-state index in [1.54, 1.807) is 0 Å². The summed E-state index contributed by atoms with van der Waals surface area (Å²) >= 11 is 0. The lowest BCUT2D eigenvalue weighted by molar-refractivity contribution is 0.336. The van der Waals surface area contributed by atoms with Gasteiger partial charge in [0, 0.05) is 43.8 Å². The third-order valence-electron chi connectivity index (χ3n) is 5.86. The van der Waals surface area contributed by atoms with Gasteiger partial charge in [-0.15, -0.1) is 0 Å². The van der Waals surface area contributed by atoms with E-state index in [-0.39, 0.29) is 0 Å². The molecule has 0 spiro atoms. The minimum atomic E-state index is 0.465. The van der Waals surface area contributed by atoms with Gasteiger partial charge in [-0.3, -0.25) is 0 Å². The number of nitrogens with one attached hydrogen (secondary N) is 2. The lowest BCUT2D eigenvalue weighted by Crippen LogP contribution is -2.43. The summed E-state index contributed by atoms with van der Waals surface area (Å²) in [7, 11) is 0. The summed E-state index contributed by atoms with van der Waals surface area (Å²) in [6.45, 7) is 4.19. The Labute approximate surface area is 165 Å². The largest absolute Gasteiger partial charge is 0.369 e. The van der Waals surface area contributed by atoms with Crippen LogP contribution in [0, 0.1) is 0 Å². The van der Waals surface area contributed by atoms with Crippen LogP contribution in [0.4, 0.5) is 17.3 Å². The van der Waals surface area contributed by atoms with Gasteiger partial charge in [0.2, 0.25) is 5.95 Å². The van der Waals surface area contributed by atoms with Gasteiger partial charge in [-0.05, 0) is 37.1 Å². The van der Waals surface area contributed by atoms with Gasteiger partial charge in [0.05, 0.1) is 17.6 Å². The third-order valence-corrected chi connectivity index (χ3v) is 5.86. The van der Waals surface area contributed by atoms with Gasteiger partial charge in [0.25, 0.3) is 0 Å². The van der Waals surface area contributed by atoms with Crippen LogP contribution in [0.25, 0.3) is 11.0 Å².